The first-order valence-corrected chi connectivity index (χ1v) is 9.54. The van der Waals surface area contributed by atoms with Crippen LogP contribution in [0.1, 0.15) is 12.5 Å². The van der Waals surface area contributed by atoms with Gasteiger partial charge in [-0.15, -0.1) is 0 Å². The molecule has 1 saturated heterocycles. The number of hydrogen-bond donors (Lipinski definition) is 1. The molecule has 0 radical (unpaired) electrons. The molecule has 1 aromatic carbocycles. The van der Waals surface area contributed by atoms with Gasteiger partial charge in [0.15, 0.2) is 11.5 Å². The topological polar surface area (TPSA) is 72.4 Å². The lowest BCUT2D eigenvalue weighted by atomic mass is 10.2. The van der Waals surface area contributed by atoms with Gasteiger partial charge in [-0.3, -0.25) is 9.69 Å². The minimum absolute atomic E-state index is 0.145. The predicted molar refractivity (Wildman–Crippen MR) is 109 cm³/mol. The van der Waals surface area contributed by atoms with E-state index < -0.39 is 0 Å². The van der Waals surface area contributed by atoms with Gasteiger partial charge in [0.05, 0.1) is 36.2 Å². The summed E-state index contributed by atoms with van der Waals surface area (Å²) in [5, 5.41) is 4.04. The van der Waals surface area contributed by atoms with Gasteiger partial charge in [-0.25, -0.2) is 5.43 Å². The van der Waals surface area contributed by atoms with Crippen molar-refractivity contribution in [2.75, 3.05) is 46.1 Å². The van der Waals surface area contributed by atoms with Gasteiger partial charge >= 0.3 is 0 Å². The predicted octanol–water partition coefficient (Wildman–Crippen LogP) is 2.04. The third kappa shape index (κ3) is 6.58. The van der Waals surface area contributed by atoms with Gasteiger partial charge in [0.25, 0.3) is 5.91 Å². The molecule has 1 heterocycles. The van der Waals surface area contributed by atoms with Gasteiger partial charge in [0, 0.05) is 13.1 Å². The summed E-state index contributed by atoms with van der Waals surface area (Å²) in [6.07, 6.45) is 3.28. The fraction of sp³-hybridized carbons (Fsp3) is 0.444. The molecule has 1 N–H and O–H groups in total. The van der Waals surface area contributed by atoms with E-state index >= 15 is 0 Å². The first-order valence-electron chi connectivity index (χ1n) is 8.46. The average Bonchev–Trinajstić information content (AvgIpc) is 2.62. The van der Waals surface area contributed by atoms with Crippen LogP contribution in [0.3, 0.4) is 0 Å². The van der Waals surface area contributed by atoms with E-state index in [1.54, 1.807) is 12.3 Å². The molecular formula is C18H24IN3O4. The summed E-state index contributed by atoms with van der Waals surface area (Å²) >= 11 is 2.19. The fourth-order valence-corrected chi connectivity index (χ4v) is 3.17. The number of nitrogens with one attached hydrogen (secondary N) is 1. The smallest absolute Gasteiger partial charge is 0.254 e. The minimum Gasteiger partial charge on any atom is -0.490 e. The third-order valence-corrected chi connectivity index (χ3v) is 4.35. The van der Waals surface area contributed by atoms with E-state index in [1.165, 1.54) is 0 Å². The van der Waals surface area contributed by atoms with Gasteiger partial charge in [-0.1, -0.05) is 12.7 Å². The Balaban J connectivity index is 1.97. The molecule has 1 aliphatic heterocycles. The second-order valence-corrected chi connectivity index (χ2v) is 6.71. The number of halogens is 1. The van der Waals surface area contributed by atoms with Crippen LogP contribution in [-0.2, 0) is 9.53 Å². The standard InChI is InChI=1S/C18H24IN3O4/c1-3-7-26-18-15(19)10-14(11-16(18)25-4-2)12-20-21-17(23)13-22-5-8-24-9-6-22/h3,10-12H,1,4-9,13H2,2H3,(H,21,23)/b20-12+. The van der Waals surface area contributed by atoms with Gasteiger partial charge in [0.1, 0.15) is 6.61 Å². The van der Waals surface area contributed by atoms with Crippen LogP contribution < -0.4 is 14.9 Å². The fourth-order valence-electron chi connectivity index (χ4n) is 2.38. The van der Waals surface area contributed by atoms with Crippen molar-refractivity contribution in [2.24, 2.45) is 5.10 Å². The third-order valence-electron chi connectivity index (χ3n) is 3.55. The van der Waals surface area contributed by atoms with Crippen LogP contribution in [0, 0.1) is 3.57 Å². The molecule has 0 unspecified atom stereocenters. The number of carbonyl (C=O) groups is 1. The molecule has 0 spiro atoms. The van der Waals surface area contributed by atoms with Crippen LogP contribution in [0.4, 0.5) is 0 Å². The van der Waals surface area contributed by atoms with Crippen LogP contribution in [-0.4, -0.2) is 63.1 Å². The van der Waals surface area contributed by atoms with Crippen molar-refractivity contribution in [1.29, 1.82) is 0 Å². The number of nitrogens with zero attached hydrogens (tertiary/aromatic N) is 2. The Bertz CT molecular complexity index is 646. The van der Waals surface area contributed by atoms with E-state index in [2.05, 4.69) is 39.7 Å². The van der Waals surface area contributed by atoms with Gasteiger partial charge in [0.2, 0.25) is 0 Å². The molecule has 2 rings (SSSR count). The minimum atomic E-state index is -0.145. The van der Waals surface area contributed by atoms with Crippen LogP contribution >= 0.6 is 22.6 Å². The number of hydrogen-bond acceptors (Lipinski definition) is 6. The molecule has 26 heavy (non-hydrogen) atoms. The quantitative estimate of drug-likeness (QED) is 0.257. The van der Waals surface area contributed by atoms with Crippen molar-refractivity contribution < 1.29 is 19.0 Å². The number of benzene rings is 1. The summed E-state index contributed by atoms with van der Waals surface area (Å²) in [7, 11) is 0. The van der Waals surface area contributed by atoms with Crippen LogP contribution in [0.25, 0.3) is 0 Å². The van der Waals surface area contributed by atoms with Crippen molar-refractivity contribution >= 4 is 34.7 Å². The largest absolute Gasteiger partial charge is 0.490 e. The number of rotatable bonds is 9. The van der Waals surface area contributed by atoms with E-state index in [1.807, 2.05) is 24.0 Å². The van der Waals surface area contributed by atoms with Gasteiger partial charge in [-0.2, -0.15) is 5.10 Å². The lowest BCUT2D eigenvalue weighted by Crippen LogP contribution is -2.42. The lowest BCUT2D eigenvalue weighted by Gasteiger charge is -2.25. The zero-order valence-electron chi connectivity index (χ0n) is 14.9. The summed E-state index contributed by atoms with van der Waals surface area (Å²) in [6, 6.07) is 3.75. The zero-order chi connectivity index (χ0) is 18.8. The van der Waals surface area contributed by atoms with Crippen molar-refractivity contribution in [3.63, 3.8) is 0 Å². The van der Waals surface area contributed by atoms with E-state index in [0.717, 1.165) is 22.2 Å². The molecule has 0 aliphatic carbocycles. The second kappa shape index (κ2) is 11.1. The lowest BCUT2D eigenvalue weighted by molar-refractivity contribution is -0.123. The first-order chi connectivity index (χ1) is 12.6. The number of morpholine rings is 1. The Hall–Kier alpha value is -1.65. The number of hydrazone groups is 1. The Kier molecular flexibility index (Phi) is 8.86. The van der Waals surface area contributed by atoms with Gasteiger partial charge < -0.3 is 14.2 Å². The first kappa shape index (κ1) is 20.7. The molecule has 1 amide bonds. The van der Waals surface area contributed by atoms with Crippen LogP contribution in [0.5, 0.6) is 11.5 Å². The maximum absolute atomic E-state index is 11.9. The van der Waals surface area contributed by atoms with E-state index in [4.69, 9.17) is 14.2 Å². The number of carbonyl (C=O) groups excluding carboxylic acids is 1. The Morgan fingerprint density at radius 2 is 2.19 bits per heavy atom. The highest BCUT2D eigenvalue weighted by atomic mass is 127. The molecule has 142 valence electrons. The van der Waals surface area contributed by atoms with Crippen molar-refractivity contribution in [1.82, 2.24) is 10.3 Å². The molecule has 1 aromatic rings. The van der Waals surface area contributed by atoms with Crippen molar-refractivity contribution in [3.05, 3.63) is 33.9 Å². The molecule has 0 saturated carbocycles. The number of amides is 1. The molecular weight excluding hydrogens is 449 g/mol. The summed E-state index contributed by atoms with van der Waals surface area (Å²) in [4.78, 5) is 14.0. The van der Waals surface area contributed by atoms with E-state index in [0.29, 0.717) is 44.5 Å². The highest BCUT2D eigenvalue weighted by molar-refractivity contribution is 14.1. The Morgan fingerprint density at radius 3 is 2.88 bits per heavy atom. The van der Waals surface area contributed by atoms with Crippen molar-refractivity contribution in [2.45, 2.75) is 6.92 Å². The SMILES string of the molecule is C=CCOc1c(I)cc(/C=N/NC(=O)CN2CCOCC2)cc1OCC. The Labute approximate surface area is 167 Å². The molecule has 8 heteroatoms. The monoisotopic (exact) mass is 473 g/mol. The maximum Gasteiger partial charge on any atom is 0.254 e. The highest BCUT2D eigenvalue weighted by Gasteiger charge is 2.14. The molecule has 1 aliphatic rings. The maximum atomic E-state index is 11.9. The van der Waals surface area contributed by atoms with E-state index in [9.17, 15) is 4.79 Å². The summed E-state index contributed by atoms with van der Waals surface area (Å²) in [5.74, 6) is 1.18. The summed E-state index contributed by atoms with van der Waals surface area (Å²) in [6.45, 7) is 9.67. The zero-order valence-corrected chi connectivity index (χ0v) is 17.0. The molecule has 0 aromatic heterocycles. The highest BCUT2D eigenvalue weighted by Crippen LogP contribution is 2.33. The van der Waals surface area contributed by atoms with E-state index in [-0.39, 0.29) is 5.91 Å². The summed E-state index contributed by atoms with van der Waals surface area (Å²) < 4.78 is 17.5. The molecule has 0 bridgehead atoms. The average molecular weight is 473 g/mol. The number of ether oxygens (including phenoxy) is 3. The molecule has 1 fully saturated rings. The van der Waals surface area contributed by atoms with Crippen molar-refractivity contribution in [3.8, 4) is 11.5 Å². The van der Waals surface area contributed by atoms with Crippen LogP contribution in [0.2, 0.25) is 0 Å². The molecule has 0 atom stereocenters. The Morgan fingerprint density at radius 1 is 1.42 bits per heavy atom. The van der Waals surface area contributed by atoms with Gasteiger partial charge in [-0.05, 0) is 47.2 Å². The summed E-state index contributed by atoms with van der Waals surface area (Å²) in [5.41, 5.74) is 3.37. The second-order valence-electron chi connectivity index (χ2n) is 5.54. The van der Waals surface area contributed by atoms with Crippen LogP contribution in [0.15, 0.2) is 29.9 Å². The normalized spacial score (nSPS) is 15.0. The molecule has 7 nitrogen and oxygen atoms in total.